The SMILES string of the molecule is CCOC(C(=O)N(Cl)Cc1ccc(C(=N)N)cc1)c1c(F)cc(-c2ccncc2)cc1F. The third-order valence-corrected chi connectivity index (χ3v) is 5.02. The topological polar surface area (TPSA) is 92.3 Å². The summed E-state index contributed by atoms with van der Waals surface area (Å²) in [6.45, 7) is 1.61. The van der Waals surface area contributed by atoms with Crippen LogP contribution >= 0.6 is 11.8 Å². The van der Waals surface area contributed by atoms with Gasteiger partial charge in [-0.2, -0.15) is 0 Å². The van der Waals surface area contributed by atoms with Gasteiger partial charge in [0.25, 0.3) is 5.91 Å². The van der Waals surface area contributed by atoms with E-state index in [4.69, 9.17) is 27.7 Å². The molecule has 0 saturated carbocycles. The number of aromatic nitrogens is 1. The monoisotopic (exact) mass is 458 g/mol. The number of carbonyl (C=O) groups is 1. The average Bonchev–Trinajstić information content (AvgIpc) is 2.78. The van der Waals surface area contributed by atoms with Crippen LogP contribution in [0.25, 0.3) is 11.1 Å². The third-order valence-electron chi connectivity index (χ3n) is 4.74. The molecule has 0 spiro atoms. The number of amides is 1. The Morgan fingerprint density at radius 3 is 2.25 bits per heavy atom. The molecular formula is C23H21ClF2N4O2. The van der Waals surface area contributed by atoms with Crippen LogP contribution in [0.2, 0.25) is 0 Å². The molecule has 2 aromatic carbocycles. The number of nitrogens with one attached hydrogen (secondary N) is 1. The molecule has 0 saturated heterocycles. The van der Waals surface area contributed by atoms with E-state index in [2.05, 4.69) is 4.98 Å². The minimum absolute atomic E-state index is 0.0411. The Kier molecular flexibility index (Phi) is 7.50. The molecule has 166 valence electrons. The molecule has 1 unspecified atom stereocenters. The highest BCUT2D eigenvalue weighted by Crippen LogP contribution is 2.31. The van der Waals surface area contributed by atoms with Gasteiger partial charge in [-0.05, 0) is 47.9 Å². The molecule has 1 aromatic heterocycles. The van der Waals surface area contributed by atoms with Gasteiger partial charge >= 0.3 is 0 Å². The van der Waals surface area contributed by atoms with Gasteiger partial charge < -0.3 is 10.5 Å². The van der Waals surface area contributed by atoms with Gasteiger partial charge in [0, 0.05) is 36.3 Å². The fourth-order valence-electron chi connectivity index (χ4n) is 3.15. The molecule has 0 bridgehead atoms. The van der Waals surface area contributed by atoms with Crippen molar-refractivity contribution in [2.45, 2.75) is 19.6 Å². The summed E-state index contributed by atoms with van der Waals surface area (Å²) in [6.07, 6.45) is 1.47. The second-order valence-electron chi connectivity index (χ2n) is 6.89. The van der Waals surface area contributed by atoms with Gasteiger partial charge in [-0.15, -0.1) is 0 Å². The molecule has 0 aliphatic rings. The Labute approximate surface area is 189 Å². The number of nitrogens with zero attached hydrogens (tertiary/aromatic N) is 2. The molecule has 1 amide bonds. The van der Waals surface area contributed by atoms with Crippen molar-refractivity contribution in [2.75, 3.05) is 6.61 Å². The zero-order valence-electron chi connectivity index (χ0n) is 17.2. The smallest absolute Gasteiger partial charge is 0.271 e. The number of carbonyl (C=O) groups excluding carboxylic acids is 1. The van der Waals surface area contributed by atoms with Gasteiger partial charge in [0.15, 0.2) is 6.10 Å². The Balaban J connectivity index is 1.86. The van der Waals surface area contributed by atoms with Crippen molar-refractivity contribution >= 4 is 23.5 Å². The van der Waals surface area contributed by atoms with Crippen LogP contribution in [0, 0.1) is 17.0 Å². The van der Waals surface area contributed by atoms with Gasteiger partial charge in [-0.25, -0.2) is 13.2 Å². The van der Waals surface area contributed by atoms with Crippen LogP contribution in [0.3, 0.4) is 0 Å². The van der Waals surface area contributed by atoms with Gasteiger partial charge in [-0.1, -0.05) is 24.3 Å². The van der Waals surface area contributed by atoms with Crippen molar-refractivity contribution in [3.05, 3.63) is 89.2 Å². The van der Waals surface area contributed by atoms with Crippen molar-refractivity contribution in [1.29, 1.82) is 5.41 Å². The molecule has 3 rings (SSSR count). The first kappa shape index (κ1) is 23.3. The lowest BCUT2D eigenvalue weighted by molar-refractivity contribution is -0.139. The van der Waals surface area contributed by atoms with Crippen LogP contribution in [0.4, 0.5) is 8.78 Å². The van der Waals surface area contributed by atoms with Crippen molar-refractivity contribution in [3.63, 3.8) is 0 Å². The molecule has 3 N–H and O–H groups in total. The summed E-state index contributed by atoms with van der Waals surface area (Å²) in [7, 11) is 0. The minimum atomic E-state index is -1.56. The summed E-state index contributed by atoms with van der Waals surface area (Å²) in [6, 6.07) is 12.1. The van der Waals surface area contributed by atoms with E-state index in [0.717, 1.165) is 16.6 Å². The first-order valence-electron chi connectivity index (χ1n) is 9.73. The summed E-state index contributed by atoms with van der Waals surface area (Å²) in [5, 5.41) is 7.42. The summed E-state index contributed by atoms with van der Waals surface area (Å²) >= 11 is 6.17. The van der Waals surface area contributed by atoms with Crippen LogP contribution in [-0.4, -0.2) is 27.8 Å². The number of benzene rings is 2. The van der Waals surface area contributed by atoms with E-state index < -0.39 is 29.2 Å². The second-order valence-corrected chi connectivity index (χ2v) is 7.30. The van der Waals surface area contributed by atoms with Gasteiger partial charge in [0.05, 0.1) is 12.1 Å². The van der Waals surface area contributed by atoms with Crippen LogP contribution in [0.15, 0.2) is 60.9 Å². The van der Waals surface area contributed by atoms with E-state index in [0.29, 0.717) is 22.3 Å². The van der Waals surface area contributed by atoms with Crippen molar-refractivity contribution < 1.29 is 18.3 Å². The highest BCUT2D eigenvalue weighted by atomic mass is 35.5. The number of nitrogens with two attached hydrogens (primary N) is 1. The Bertz CT molecular complexity index is 1090. The maximum absolute atomic E-state index is 15.0. The zero-order valence-corrected chi connectivity index (χ0v) is 17.9. The zero-order chi connectivity index (χ0) is 23.3. The quantitative estimate of drug-likeness (QED) is 0.294. The molecule has 6 nitrogen and oxygen atoms in total. The molecule has 0 aliphatic carbocycles. The standard InChI is InChI=1S/C23H21ClF2N4O2/c1-2-32-21(23(31)30(24)13-14-3-5-16(6-4-14)22(27)28)20-18(25)11-17(12-19(20)26)15-7-9-29-10-8-15/h3-12,21H,2,13H2,1H3,(H3,27,28). The summed E-state index contributed by atoms with van der Waals surface area (Å²) < 4.78 is 36.1. The number of halogens is 3. The van der Waals surface area contributed by atoms with Gasteiger partial charge in [0.1, 0.15) is 17.5 Å². The van der Waals surface area contributed by atoms with E-state index in [1.165, 1.54) is 12.4 Å². The fraction of sp³-hybridized carbons (Fsp3) is 0.174. The Morgan fingerprint density at radius 1 is 1.12 bits per heavy atom. The van der Waals surface area contributed by atoms with Gasteiger partial charge in [-0.3, -0.25) is 15.2 Å². The van der Waals surface area contributed by atoms with Gasteiger partial charge in [0.2, 0.25) is 0 Å². The van der Waals surface area contributed by atoms with Crippen molar-refractivity contribution in [2.24, 2.45) is 5.73 Å². The van der Waals surface area contributed by atoms with Crippen LogP contribution < -0.4 is 5.73 Å². The largest absolute Gasteiger partial charge is 0.384 e. The molecule has 0 aliphatic heterocycles. The van der Waals surface area contributed by atoms with Crippen molar-refractivity contribution in [3.8, 4) is 11.1 Å². The average molecular weight is 459 g/mol. The third kappa shape index (κ3) is 5.27. The van der Waals surface area contributed by atoms with Crippen LogP contribution in [0.5, 0.6) is 0 Å². The number of nitrogen functional groups attached to an aromatic ring is 1. The predicted octanol–water partition coefficient (Wildman–Crippen LogP) is 4.57. The number of hydrogen-bond donors (Lipinski definition) is 2. The molecular weight excluding hydrogens is 438 g/mol. The molecule has 1 heterocycles. The number of ether oxygens (including phenoxy) is 1. The van der Waals surface area contributed by atoms with E-state index in [1.54, 1.807) is 43.3 Å². The Morgan fingerprint density at radius 2 is 1.72 bits per heavy atom. The lowest BCUT2D eigenvalue weighted by Crippen LogP contribution is -2.30. The van der Waals surface area contributed by atoms with E-state index in [-0.39, 0.29) is 19.0 Å². The number of pyridine rings is 1. The number of rotatable bonds is 8. The molecule has 1 atom stereocenters. The predicted molar refractivity (Wildman–Crippen MR) is 118 cm³/mol. The maximum atomic E-state index is 15.0. The van der Waals surface area contributed by atoms with E-state index in [9.17, 15) is 13.6 Å². The molecule has 9 heteroatoms. The maximum Gasteiger partial charge on any atom is 0.271 e. The van der Waals surface area contributed by atoms with E-state index in [1.807, 2.05) is 0 Å². The fourth-order valence-corrected chi connectivity index (χ4v) is 3.37. The molecule has 0 fully saturated rings. The van der Waals surface area contributed by atoms with Crippen LogP contribution in [-0.2, 0) is 16.1 Å². The minimum Gasteiger partial charge on any atom is -0.384 e. The first-order chi connectivity index (χ1) is 15.3. The van der Waals surface area contributed by atoms with Crippen molar-refractivity contribution in [1.82, 2.24) is 9.40 Å². The normalized spacial score (nSPS) is 11.8. The lowest BCUT2D eigenvalue weighted by atomic mass is 10.0. The lowest BCUT2D eigenvalue weighted by Gasteiger charge is -2.23. The second kappa shape index (κ2) is 10.3. The molecule has 3 aromatic rings. The van der Waals surface area contributed by atoms with E-state index >= 15 is 0 Å². The molecule has 0 radical (unpaired) electrons. The highest BCUT2D eigenvalue weighted by Gasteiger charge is 2.31. The summed E-state index contributed by atoms with van der Waals surface area (Å²) in [5.74, 6) is -2.73. The summed E-state index contributed by atoms with van der Waals surface area (Å²) in [5.41, 5.74) is 6.97. The van der Waals surface area contributed by atoms with Crippen LogP contribution in [0.1, 0.15) is 29.7 Å². The Hall–Kier alpha value is -3.36. The molecule has 32 heavy (non-hydrogen) atoms. The number of amidine groups is 1. The number of hydrogen-bond acceptors (Lipinski definition) is 4. The highest BCUT2D eigenvalue weighted by molar-refractivity contribution is 6.21. The summed E-state index contributed by atoms with van der Waals surface area (Å²) in [4.78, 5) is 16.8. The first-order valence-corrected chi connectivity index (χ1v) is 10.1.